The molecule has 0 aliphatic rings. The van der Waals surface area contributed by atoms with Crippen LogP contribution in [-0.4, -0.2) is 26.2 Å². The Morgan fingerprint density at radius 1 is 1.33 bits per heavy atom. The van der Waals surface area contributed by atoms with Crippen molar-refractivity contribution in [3.8, 4) is 5.88 Å². The molecule has 0 saturated heterocycles. The molecule has 0 atom stereocenters. The maximum Gasteiger partial charge on any atom is 0.328 e. The predicted molar refractivity (Wildman–Crippen MR) is 74.7 cm³/mol. The number of halogens is 1. The van der Waals surface area contributed by atoms with Crippen LogP contribution in [0.3, 0.4) is 0 Å². The molecule has 21 heavy (non-hydrogen) atoms. The van der Waals surface area contributed by atoms with Crippen LogP contribution in [0.25, 0.3) is 0 Å². The van der Waals surface area contributed by atoms with Crippen LogP contribution in [0.2, 0.25) is 5.02 Å². The van der Waals surface area contributed by atoms with Crippen molar-refractivity contribution in [3.63, 3.8) is 0 Å². The highest BCUT2D eigenvalue weighted by molar-refractivity contribution is 6.33. The number of rotatable bonds is 3. The minimum Gasteiger partial charge on any atom is -0.494 e. The third-order valence-electron chi connectivity index (χ3n) is 2.43. The third-order valence-corrected chi connectivity index (χ3v) is 2.74. The van der Waals surface area contributed by atoms with Crippen molar-refractivity contribution >= 4 is 29.2 Å². The van der Waals surface area contributed by atoms with E-state index in [0.29, 0.717) is 0 Å². The number of hydrogen-bond acceptors (Lipinski definition) is 6. The van der Waals surface area contributed by atoms with E-state index in [1.54, 1.807) is 0 Å². The van der Waals surface area contributed by atoms with E-state index < -0.39 is 22.1 Å². The Kier molecular flexibility index (Phi) is 3.85. The van der Waals surface area contributed by atoms with Crippen molar-refractivity contribution in [2.24, 2.45) is 4.99 Å². The van der Waals surface area contributed by atoms with Gasteiger partial charge in [0.25, 0.3) is 11.2 Å². The van der Waals surface area contributed by atoms with Gasteiger partial charge in [0.2, 0.25) is 5.88 Å². The Balaban J connectivity index is 2.41. The van der Waals surface area contributed by atoms with Crippen molar-refractivity contribution in [3.05, 3.63) is 59.7 Å². The summed E-state index contributed by atoms with van der Waals surface area (Å²) in [4.78, 5) is 40.0. The lowest BCUT2D eigenvalue weighted by Crippen LogP contribution is -2.24. The number of nitro benzene ring substituents is 1. The average Bonchev–Trinajstić information content (AvgIpc) is 2.38. The van der Waals surface area contributed by atoms with E-state index in [4.69, 9.17) is 11.6 Å². The first-order valence-electron chi connectivity index (χ1n) is 5.42. The van der Waals surface area contributed by atoms with E-state index in [-0.39, 0.29) is 22.0 Å². The molecule has 0 fully saturated rings. The fourth-order valence-corrected chi connectivity index (χ4v) is 1.68. The quantitative estimate of drug-likeness (QED) is 0.442. The molecule has 0 aliphatic heterocycles. The van der Waals surface area contributed by atoms with Gasteiger partial charge in [0, 0.05) is 18.3 Å². The van der Waals surface area contributed by atoms with E-state index in [1.165, 1.54) is 12.1 Å². The van der Waals surface area contributed by atoms with Gasteiger partial charge in [-0.1, -0.05) is 11.6 Å². The molecule has 0 saturated carbocycles. The summed E-state index contributed by atoms with van der Waals surface area (Å²) in [5.41, 5.74) is -2.01. The number of H-pyrrole nitrogens is 2. The Labute approximate surface area is 120 Å². The zero-order valence-corrected chi connectivity index (χ0v) is 10.9. The molecule has 0 unspecified atom stereocenters. The first-order valence-corrected chi connectivity index (χ1v) is 5.80. The highest BCUT2D eigenvalue weighted by Crippen LogP contribution is 2.28. The summed E-state index contributed by atoms with van der Waals surface area (Å²) in [6.07, 6.45) is 0.983. The number of nitrogens with zero attached hydrogens (tertiary/aromatic N) is 2. The zero-order valence-electron chi connectivity index (χ0n) is 10.2. The van der Waals surface area contributed by atoms with Crippen molar-refractivity contribution in [2.75, 3.05) is 0 Å². The Morgan fingerprint density at radius 2 is 2.05 bits per heavy atom. The molecule has 0 bridgehead atoms. The molecule has 1 aromatic heterocycles. The molecular weight excluding hydrogens is 304 g/mol. The van der Waals surface area contributed by atoms with Crippen molar-refractivity contribution in [1.82, 2.24) is 9.97 Å². The molecular formula is C11H7ClN4O5. The Hall–Kier alpha value is -2.94. The molecule has 3 N–H and O–H groups in total. The molecule has 10 heteroatoms. The standard InChI is InChI=1S/C11H7ClN4O5/c12-7-3-5(16(20)21)1-2-8(7)13-4-6-9(17)14-11(19)15-10(6)18/h1-4H,(H3,14,15,17,18,19). The maximum atomic E-state index is 11.5. The lowest BCUT2D eigenvalue weighted by atomic mass is 10.3. The number of aromatic nitrogens is 2. The van der Waals surface area contributed by atoms with Crippen LogP contribution in [0.1, 0.15) is 5.56 Å². The first-order chi connectivity index (χ1) is 9.88. The van der Waals surface area contributed by atoms with Gasteiger partial charge in [-0.2, -0.15) is 0 Å². The number of benzene rings is 1. The number of hydrogen-bond donors (Lipinski definition) is 3. The lowest BCUT2D eigenvalue weighted by Gasteiger charge is -1.99. The van der Waals surface area contributed by atoms with Crippen LogP contribution in [0.15, 0.2) is 32.8 Å². The van der Waals surface area contributed by atoms with Gasteiger partial charge in [0.05, 0.1) is 15.6 Å². The van der Waals surface area contributed by atoms with Crippen LogP contribution < -0.4 is 11.2 Å². The molecule has 9 nitrogen and oxygen atoms in total. The van der Waals surface area contributed by atoms with Crippen LogP contribution in [0.5, 0.6) is 5.88 Å². The second kappa shape index (κ2) is 5.59. The monoisotopic (exact) mass is 310 g/mol. The van der Waals surface area contributed by atoms with Gasteiger partial charge in [-0.05, 0) is 6.07 Å². The van der Waals surface area contributed by atoms with Gasteiger partial charge < -0.3 is 5.11 Å². The molecule has 2 rings (SSSR count). The summed E-state index contributed by atoms with van der Waals surface area (Å²) in [5.74, 6) is -0.648. The highest BCUT2D eigenvalue weighted by atomic mass is 35.5. The molecule has 1 heterocycles. The van der Waals surface area contributed by atoms with Crippen molar-refractivity contribution < 1.29 is 10.0 Å². The number of nitro groups is 1. The second-order valence-electron chi connectivity index (χ2n) is 3.82. The first kappa shape index (κ1) is 14.5. The lowest BCUT2D eigenvalue weighted by molar-refractivity contribution is -0.384. The van der Waals surface area contributed by atoms with Crippen LogP contribution in [0.4, 0.5) is 11.4 Å². The summed E-state index contributed by atoms with van der Waals surface area (Å²) >= 11 is 5.82. The highest BCUT2D eigenvalue weighted by Gasteiger charge is 2.10. The molecule has 2 aromatic rings. The minimum atomic E-state index is -0.858. The van der Waals surface area contributed by atoms with Crippen LogP contribution >= 0.6 is 11.6 Å². The second-order valence-corrected chi connectivity index (χ2v) is 4.23. The predicted octanol–water partition coefficient (Wildman–Crippen LogP) is 1.08. The molecule has 0 spiro atoms. The summed E-state index contributed by atoms with van der Waals surface area (Å²) in [5, 5.41) is 20.0. The molecule has 0 aliphatic carbocycles. The summed E-state index contributed by atoms with van der Waals surface area (Å²) in [6.45, 7) is 0. The van der Waals surface area contributed by atoms with Crippen LogP contribution in [0, 0.1) is 10.1 Å². The topological polar surface area (TPSA) is 141 Å². The fourth-order valence-electron chi connectivity index (χ4n) is 1.45. The SMILES string of the molecule is O=c1[nH]c(O)c(C=Nc2ccc([N+](=O)[O-])cc2Cl)c(=O)[nH]1. The Morgan fingerprint density at radius 3 is 2.62 bits per heavy atom. The fraction of sp³-hybridized carbons (Fsp3) is 0. The van der Waals surface area contributed by atoms with Gasteiger partial charge in [-0.25, -0.2) is 4.79 Å². The van der Waals surface area contributed by atoms with E-state index in [2.05, 4.69) is 4.99 Å². The summed E-state index contributed by atoms with van der Waals surface area (Å²) < 4.78 is 0. The van der Waals surface area contributed by atoms with Crippen molar-refractivity contribution in [1.29, 1.82) is 0 Å². The minimum absolute atomic E-state index is 0.000734. The molecule has 0 amide bonds. The normalized spacial score (nSPS) is 10.9. The smallest absolute Gasteiger partial charge is 0.328 e. The number of aliphatic imine (C=N–C) groups is 1. The van der Waals surface area contributed by atoms with Gasteiger partial charge in [0.15, 0.2) is 0 Å². The molecule has 0 radical (unpaired) electrons. The van der Waals surface area contributed by atoms with E-state index in [1.807, 2.05) is 9.97 Å². The van der Waals surface area contributed by atoms with Gasteiger partial charge in [-0.3, -0.25) is 29.9 Å². The number of nitrogens with one attached hydrogen (secondary N) is 2. The number of aromatic amines is 2. The average molecular weight is 311 g/mol. The molecule has 1 aromatic carbocycles. The number of aromatic hydroxyl groups is 1. The summed E-state index contributed by atoms with van der Waals surface area (Å²) in [7, 11) is 0. The zero-order chi connectivity index (χ0) is 15.6. The van der Waals surface area contributed by atoms with E-state index in [9.17, 15) is 24.8 Å². The van der Waals surface area contributed by atoms with Gasteiger partial charge >= 0.3 is 5.69 Å². The summed E-state index contributed by atoms with van der Waals surface area (Å²) in [6, 6.07) is 3.58. The van der Waals surface area contributed by atoms with Gasteiger partial charge in [0.1, 0.15) is 5.56 Å². The Bertz CT molecular complexity index is 854. The van der Waals surface area contributed by atoms with E-state index >= 15 is 0 Å². The van der Waals surface area contributed by atoms with E-state index in [0.717, 1.165) is 12.3 Å². The number of non-ortho nitro benzene ring substituents is 1. The third kappa shape index (κ3) is 3.15. The largest absolute Gasteiger partial charge is 0.494 e. The molecule has 108 valence electrons. The maximum absolute atomic E-state index is 11.5. The van der Waals surface area contributed by atoms with Gasteiger partial charge in [-0.15, -0.1) is 0 Å². The van der Waals surface area contributed by atoms with Crippen LogP contribution in [-0.2, 0) is 0 Å². The van der Waals surface area contributed by atoms with Crippen molar-refractivity contribution in [2.45, 2.75) is 0 Å².